The van der Waals surface area contributed by atoms with Crippen LogP contribution in [0.1, 0.15) is 22.8 Å². The number of nitrogens with zero attached hydrogens (tertiary/aromatic N) is 1. The molecule has 2 aromatic carbocycles. The average molecular weight is 464 g/mol. The van der Waals surface area contributed by atoms with E-state index < -0.39 is 21.7 Å². The minimum Gasteiger partial charge on any atom is -0.478 e. The first-order valence-corrected chi connectivity index (χ1v) is 11.1. The lowest BCUT2D eigenvalue weighted by Gasteiger charge is -2.12. The van der Waals surface area contributed by atoms with Crippen molar-refractivity contribution in [3.63, 3.8) is 0 Å². The van der Waals surface area contributed by atoms with Crippen molar-refractivity contribution in [2.75, 3.05) is 11.3 Å². The van der Waals surface area contributed by atoms with Crippen LogP contribution in [0, 0.1) is 5.82 Å². The normalized spacial score (nSPS) is 11.1. The lowest BCUT2D eigenvalue weighted by molar-refractivity contribution is 0.0950. The highest BCUT2D eigenvalue weighted by Gasteiger charge is 2.19. The quantitative estimate of drug-likeness (QED) is 0.526. The van der Waals surface area contributed by atoms with E-state index in [2.05, 4.69) is 15.0 Å². The first-order chi connectivity index (χ1) is 14.8. The summed E-state index contributed by atoms with van der Waals surface area (Å²) in [5.41, 5.74) is 0.837. The van der Waals surface area contributed by atoms with Gasteiger partial charge >= 0.3 is 0 Å². The van der Waals surface area contributed by atoms with E-state index in [1.807, 2.05) is 6.92 Å². The second-order valence-corrected chi connectivity index (χ2v) is 8.43. The number of aromatic nitrogens is 1. The zero-order valence-corrected chi connectivity index (χ0v) is 18.0. The number of ether oxygens (including phenoxy) is 1. The fourth-order valence-electron chi connectivity index (χ4n) is 2.67. The topological polar surface area (TPSA) is 97.4 Å². The largest absolute Gasteiger partial charge is 0.478 e. The Hall–Kier alpha value is -3.17. The molecule has 1 aromatic heterocycles. The molecule has 2 N–H and O–H groups in total. The Kier molecular flexibility index (Phi) is 7.09. The molecule has 1 heterocycles. The van der Waals surface area contributed by atoms with Gasteiger partial charge in [-0.25, -0.2) is 17.8 Å². The van der Waals surface area contributed by atoms with Crippen molar-refractivity contribution < 1.29 is 22.3 Å². The molecule has 0 atom stereocenters. The van der Waals surface area contributed by atoms with Crippen molar-refractivity contribution in [3.8, 4) is 5.88 Å². The van der Waals surface area contributed by atoms with Gasteiger partial charge in [0.15, 0.2) is 0 Å². The van der Waals surface area contributed by atoms with Gasteiger partial charge in [-0.05, 0) is 55.5 Å². The van der Waals surface area contributed by atoms with Gasteiger partial charge < -0.3 is 10.1 Å². The van der Waals surface area contributed by atoms with Gasteiger partial charge in [0.25, 0.3) is 15.9 Å². The Morgan fingerprint density at radius 2 is 1.90 bits per heavy atom. The molecule has 0 saturated heterocycles. The van der Waals surface area contributed by atoms with Crippen molar-refractivity contribution in [2.45, 2.75) is 18.4 Å². The maximum atomic E-state index is 13.0. The van der Waals surface area contributed by atoms with Crippen LogP contribution in [-0.4, -0.2) is 25.9 Å². The molecule has 0 aliphatic carbocycles. The van der Waals surface area contributed by atoms with Crippen molar-refractivity contribution in [1.29, 1.82) is 0 Å². The summed E-state index contributed by atoms with van der Waals surface area (Å²) < 4.78 is 46.1. The van der Waals surface area contributed by atoms with Crippen LogP contribution in [-0.2, 0) is 16.6 Å². The molecule has 0 spiro atoms. The summed E-state index contributed by atoms with van der Waals surface area (Å²) in [6.45, 7) is 2.36. The van der Waals surface area contributed by atoms with Gasteiger partial charge in [0.05, 0.1) is 22.1 Å². The van der Waals surface area contributed by atoms with E-state index in [1.165, 1.54) is 30.3 Å². The number of carbonyl (C=O) groups is 1. The zero-order valence-electron chi connectivity index (χ0n) is 16.4. The van der Waals surface area contributed by atoms with E-state index >= 15 is 0 Å². The van der Waals surface area contributed by atoms with Gasteiger partial charge in [-0.2, -0.15) is 0 Å². The van der Waals surface area contributed by atoms with E-state index in [1.54, 1.807) is 18.3 Å². The van der Waals surface area contributed by atoms with Crippen LogP contribution >= 0.6 is 11.6 Å². The Morgan fingerprint density at radius 3 is 2.61 bits per heavy atom. The Labute approximate surface area is 184 Å². The lowest BCUT2D eigenvalue weighted by Crippen LogP contribution is -2.24. The summed E-state index contributed by atoms with van der Waals surface area (Å²) in [6, 6.07) is 12.1. The SMILES string of the molecule is CCOc1ncccc1CNC(=O)c1cc(S(=O)(=O)Nc2ccc(F)cc2)ccc1Cl. The molecule has 0 radical (unpaired) electrons. The molecule has 3 aromatic rings. The number of pyridine rings is 1. The third-order valence-corrected chi connectivity index (χ3v) is 5.87. The van der Waals surface area contributed by atoms with Crippen LogP contribution in [0.4, 0.5) is 10.1 Å². The van der Waals surface area contributed by atoms with Crippen LogP contribution in [0.15, 0.2) is 65.7 Å². The zero-order chi connectivity index (χ0) is 22.4. The molecule has 0 aliphatic heterocycles. The number of carbonyl (C=O) groups excluding carboxylic acids is 1. The summed E-state index contributed by atoms with van der Waals surface area (Å²) in [7, 11) is -4.02. The second kappa shape index (κ2) is 9.76. The number of halogens is 2. The number of nitrogens with one attached hydrogen (secondary N) is 2. The summed E-state index contributed by atoms with van der Waals surface area (Å²) in [6.07, 6.45) is 1.58. The molecule has 1 amide bonds. The minimum absolute atomic E-state index is 0.00880. The van der Waals surface area contributed by atoms with Crippen LogP contribution in [0.25, 0.3) is 0 Å². The van der Waals surface area contributed by atoms with E-state index in [0.717, 1.165) is 12.1 Å². The summed E-state index contributed by atoms with van der Waals surface area (Å²) in [4.78, 5) is 16.6. The van der Waals surface area contributed by atoms with Gasteiger partial charge in [-0.15, -0.1) is 0 Å². The molecule has 10 heteroatoms. The molecule has 3 rings (SSSR count). The molecule has 0 bridgehead atoms. The standard InChI is InChI=1S/C21H19ClFN3O4S/c1-2-30-21-14(4-3-11-24-21)13-25-20(27)18-12-17(9-10-19(18)22)31(28,29)26-16-7-5-15(23)6-8-16/h3-12,26H,2,13H2,1H3,(H,25,27). The van der Waals surface area contributed by atoms with Gasteiger partial charge in [-0.1, -0.05) is 17.7 Å². The van der Waals surface area contributed by atoms with Crippen LogP contribution in [0.2, 0.25) is 5.02 Å². The van der Waals surface area contributed by atoms with E-state index in [9.17, 15) is 17.6 Å². The van der Waals surface area contributed by atoms with Crippen molar-refractivity contribution in [2.24, 2.45) is 0 Å². The van der Waals surface area contributed by atoms with Crippen LogP contribution < -0.4 is 14.8 Å². The molecule has 0 unspecified atom stereocenters. The highest BCUT2D eigenvalue weighted by Crippen LogP contribution is 2.23. The number of anilines is 1. The van der Waals surface area contributed by atoms with E-state index in [0.29, 0.717) is 18.1 Å². The summed E-state index contributed by atoms with van der Waals surface area (Å²) >= 11 is 6.13. The Morgan fingerprint density at radius 1 is 1.16 bits per heavy atom. The van der Waals surface area contributed by atoms with Crippen molar-refractivity contribution in [1.82, 2.24) is 10.3 Å². The van der Waals surface area contributed by atoms with Gasteiger partial charge in [-0.3, -0.25) is 9.52 Å². The molecule has 162 valence electrons. The van der Waals surface area contributed by atoms with E-state index in [-0.39, 0.29) is 27.7 Å². The van der Waals surface area contributed by atoms with Crippen molar-refractivity contribution in [3.05, 3.63) is 82.8 Å². The number of hydrogen-bond acceptors (Lipinski definition) is 5. The maximum absolute atomic E-state index is 13.0. The monoisotopic (exact) mass is 463 g/mol. The number of rotatable bonds is 8. The third kappa shape index (κ3) is 5.71. The number of amides is 1. The second-order valence-electron chi connectivity index (χ2n) is 6.34. The lowest BCUT2D eigenvalue weighted by atomic mass is 10.2. The maximum Gasteiger partial charge on any atom is 0.261 e. The van der Waals surface area contributed by atoms with Gasteiger partial charge in [0.1, 0.15) is 5.82 Å². The molecular formula is C21H19ClFN3O4S. The fourth-order valence-corrected chi connectivity index (χ4v) is 3.96. The third-order valence-electron chi connectivity index (χ3n) is 4.16. The molecule has 0 aliphatic rings. The first-order valence-electron chi connectivity index (χ1n) is 9.23. The number of benzene rings is 2. The average Bonchev–Trinajstić information content (AvgIpc) is 2.75. The predicted octanol–water partition coefficient (Wildman–Crippen LogP) is 4.00. The van der Waals surface area contributed by atoms with Crippen LogP contribution in [0.3, 0.4) is 0 Å². The minimum atomic E-state index is -4.02. The predicted molar refractivity (Wildman–Crippen MR) is 115 cm³/mol. The Balaban J connectivity index is 1.78. The molecule has 7 nitrogen and oxygen atoms in total. The summed E-state index contributed by atoms with van der Waals surface area (Å²) in [5.74, 6) is -0.652. The van der Waals surface area contributed by atoms with Gasteiger partial charge in [0.2, 0.25) is 5.88 Å². The molecular weight excluding hydrogens is 445 g/mol. The summed E-state index contributed by atoms with van der Waals surface area (Å²) in [5, 5.41) is 2.78. The van der Waals surface area contributed by atoms with E-state index in [4.69, 9.17) is 16.3 Å². The highest BCUT2D eigenvalue weighted by atomic mass is 35.5. The fraction of sp³-hybridized carbons (Fsp3) is 0.143. The van der Waals surface area contributed by atoms with Crippen molar-refractivity contribution >= 4 is 33.2 Å². The Bertz CT molecular complexity index is 1190. The smallest absolute Gasteiger partial charge is 0.261 e. The molecule has 0 fully saturated rings. The van der Waals surface area contributed by atoms with Gasteiger partial charge in [0, 0.05) is 24.0 Å². The molecule has 31 heavy (non-hydrogen) atoms. The highest BCUT2D eigenvalue weighted by molar-refractivity contribution is 7.92. The number of sulfonamides is 1. The number of hydrogen-bond donors (Lipinski definition) is 2. The first kappa shape index (κ1) is 22.5. The molecule has 0 saturated carbocycles. The van der Waals surface area contributed by atoms with Crippen LogP contribution in [0.5, 0.6) is 5.88 Å².